The van der Waals surface area contributed by atoms with Crippen LogP contribution in [0.1, 0.15) is 30.6 Å². The maximum atomic E-state index is 12.0. The maximum Gasteiger partial charge on any atom is 0.326 e. The van der Waals surface area contributed by atoms with Gasteiger partial charge in [0.25, 0.3) is 5.91 Å². The zero-order chi connectivity index (χ0) is 14.6. The predicted octanol–water partition coefficient (Wildman–Crippen LogP) is 3.33. The third-order valence-corrected chi connectivity index (χ3v) is 3.57. The Balaban J connectivity index is 2.90. The monoisotopic (exact) mass is 347 g/mol. The lowest BCUT2D eigenvalue weighted by molar-refractivity contribution is -0.140. The minimum atomic E-state index is -1.04. The minimum Gasteiger partial charge on any atom is -0.480 e. The molecule has 1 rings (SSSR count). The number of hydrogen-bond acceptors (Lipinski definition) is 2. The van der Waals surface area contributed by atoms with Gasteiger partial charge in [0, 0.05) is 15.1 Å². The molecule has 104 valence electrons. The summed E-state index contributed by atoms with van der Waals surface area (Å²) in [5, 5.41) is 12.1. The fraction of sp³-hybridized carbons (Fsp3) is 0.385. The van der Waals surface area contributed by atoms with E-state index in [0.717, 1.165) is 0 Å². The first-order valence-corrected chi connectivity index (χ1v) is 7.02. The molecule has 1 aromatic carbocycles. The molecule has 19 heavy (non-hydrogen) atoms. The van der Waals surface area contributed by atoms with Crippen molar-refractivity contribution in [2.75, 3.05) is 0 Å². The summed E-state index contributed by atoms with van der Waals surface area (Å²) < 4.78 is 0.667. The van der Waals surface area contributed by atoms with Crippen LogP contribution >= 0.6 is 27.5 Å². The molecule has 6 heteroatoms. The molecular formula is C13H15BrClNO3. The van der Waals surface area contributed by atoms with E-state index in [-0.39, 0.29) is 5.92 Å². The standard InChI is InChI=1S/C13H15BrClNO3/c1-3-7(2)11(13(18)19)16-12(17)8-4-9(14)6-10(15)5-8/h4-7,11H,3H2,1-2H3,(H,16,17)(H,18,19)/t7-,11-/m0/s1. The number of carbonyl (C=O) groups is 2. The van der Waals surface area contributed by atoms with Crippen LogP contribution in [0.15, 0.2) is 22.7 Å². The number of carboxylic acid groups (broad SMARTS) is 1. The van der Waals surface area contributed by atoms with Crippen LogP contribution in [0.4, 0.5) is 0 Å². The van der Waals surface area contributed by atoms with Crippen LogP contribution in [0.3, 0.4) is 0 Å². The zero-order valence-electron chi connectivity index (χ0n) is 10.6. The number of aliphatic carboxylic acids is 1. The molecular weight excluding hydrogens is 334 g/mol. The van der Waals surface area contributed by atoms with E-state index in [1.54, 1.807) is 19.1 Å². The molecule has 2 N–H and O–H groups in total. The number of nitrogens with one attached hydrogen (secondary N) is 1. The molecule has 0 fully saturated rings. The van der Waals surface area contributed by atoms with E-state index in [2.05, 4.69) is 21.2 Å². The molecule has 0 radical (unpaired) electrons. The molecule has 0 saturated heterocycles. The van der Waals surface area contributed by atoms with Gasteiger partial charge in [-0.2, -0.15) is 0 Å². The van der Waals surface area contributed by atoms with Gasteiger partial charge < -0.3 is 10.4 Å². The van der Waals surface area contributed by atoms with E-state index < -0.39 is 17.9 Å². The van der Waals surface area contributed by atoms with Crippen molar-refractivity contribution >= 4 is 39.4 Å². The molecule has 4 nitrogen and oxygen atoms in total. The first-order chi connectivity index (χ1) is 8.85. The summed E-state index contributed by atoms with van der Waals surface area (Å²) in [6.07, 6.45) is 0.663. The minimum absolute atomic E-state index is 0.149. The SMILES string of the molecule is CC[C@H](C)[C@H](NC(=O)c1cc(Cl)cc(Br)c1)C(=O)O. The van der Waals surface area contributed by atoms with Gasteiger partial charge in [0.2, 0.25) is 0 Å². The van der Waals surface area contributed by atoms with Crippen molar-refractivity contribution in [3.8, 4) is 0 Å². The summed E-state index contributed by atoms with van der Waals surface area (Å²) in [4.78, 5) is 23.2. The molecule has 0 aliphatic carbocycles. The van der Waals surface area contributed by atoms with Gasteiger partial charge in [-0.25, -0.2) is 4.79 Å². The van der Waals surface area contributed by atoms with Gasteiger partial charge in [0.05, 0.1) is 0 Å². The van der Waals surface area contributed by atoms with Gasteiger partial charge in [0.1, 0.15) is 6.04 Å². The first kappa shape index (κ1) is 16.0. The molecule has 0 saturated carbocycles. The second-order valence-electron chi connectivity index (χ2n) is 4.33. The highest BCUT2D eigenvalue weighted by atomic mass is 79.9. The third-order valence-electron chi connectivity index (χ3n) is 2.89. The molecule has 0 spiro atoms. The van der Waals surface area contributed by atoms with E-state index in [9.17, 15) is 9.59 Å². The number of carbonyl (C=O) groups excluding carboxylic acids is 1. The summed E-state index contributed by atoms with van der Waals surface area (Å²) in [5.41, 5.74) is 0.328. The van der Waals surface area contributed by atoms with E-state index in [1.165, 1.54) is 6.07 Å². The summed E-state index contributed by atoms with van der Waals surface area (Å²) in [6.45, 7) is 3.66. The Bertz CT molecular complexity index is 473. The lowest BCUT2D eigenvalue weighted by Gasteiger charge is -2.20. The Kier molecular flexibility index (Phi) is 5.82. The fourth-order valence-corrected chi connectivity index (χ4v) is 2.45. The van der Waals surface area contributed by atoms with Crippen LogP contribution in [-0.2, 0) is 4.79 Å². The second kappa shape index (κ2) is 6.91. The number of amides is 1. The van der Waals surface area contributed by atoms with Crippen LogP contribution in [0, 0.1) is 5.92 Å². The molecule has 1 aromatic rings. The number of benzene rings is 1. The molecule has 0 unspecified atom stereocenters. The first-order valence-electron chi connectivity index (χ1n) is 5.85. The van der Waals surface area contributed by atoms with Crippen LogP contribution in [0.25, 0.3) is 0 Å². The van der Waals surface area contributed by atoms with Gasteiger partial charge in [-0.3, -0.25) is 4.79 Å². The Labute approximate surface area is 125 Å². The van der Waals surface area contributed by atoms with Crippen molar-refractivity contribution in [2.45, 2.75) is 26.3 Å². The van der Waals surface area contributed by atoms with Crippen molar-refractivity contribution in [1.29, 1.82) is 0 Å². The zero-order valence-corrected chi connectivity index (χ0v) is 13.0. The van der Waals surface area contributed by atoms with Crippen molar-refractivity contribution in [3.63, 3.8) is 0 Å². The molecule has 0 aliphatic rings. The van der Waals surface area contributed by atoms with Gasteiger partial charge >= 0.3 is 5.97 Å². The maximum absolute atomic E-state index is 12.0. The Morgan fingerprint density at radius 2 is 2.05 bits per heavy atom. The highest BCUT2D eigenvalue weighted by molar-refractivity contribution is 9.10. The van der Waals surface area contributed by atoms with Crippen LogP contribution in [-0.4, -0.2) is 23.0 Å². The smallest absolute Gasteiger partial charge is 0.326 e. The van der Waals surface area contributed by atoms with E-state index in [0.29, 0.717) is 21.5 Å². The van der Waals surface area contributed by atoms with E-state index in [4.69, 9.17) is 16.7 Å². The van der Waals surface area contributed by atoms with Gasteiger partial charge in [-0.1, -0.05) is 47.8 Å². The summed E-state index contributed by atoms with van der Waals surface area (Å²) >= 11 is 9.10. The Morgan fingerprint density at radius 3 is 2.53 bits per heavy atom. The summed E-state index contributed by atoms with van der Waals surface area (Å²) in [6, 6.07) is 3.84. The lowest BCUT2D eigenvalue weighted by Crippen LogP contribution is -2.45. The van der Waals surface area contributed by atoms with Crippen LogP contribution < -0.4 is 5.32 Å². The summed E-state index contributed by atoms with van der Waals surface area (Å²) in [7, 11) is 0. The molecule has 0 heterocycles. The second-order valence-corrected chi connectivity index (χ2v) is 5.69. The van der Waals surface area contributed by atoms with E-state index >= 15 is 0 Å². The summed E-state index contributed by atoms with van der Waals surface area (Å²) in [5.74, 6) is -1.64. The number of rotatable bonds is 5. The highest BCUT2D eigenvalue weighted by Gasteiger charge is 2.25. The van der Waals surface area contributed by atoms with Gasteiger partial charge in [-0.05, 0) is 24.1 Å². The molecule has 2 atom stereocenters. The van der Waals surface area contributed by atoms with E-state index in [1.807, 2.05) is 6.92 Å². The van der Waals surface area contributed by atoms with Gasteiger partial charge in [0.15, 0.2) is 0 Å². The molecule has 0 bridgehead atoms. The van der Waals surface area contributed by atoms with Gasteiger partial charge in [-0.15, -0.1) is 0 Å². The van der Waals surface area contributed by atoms with Crippen molar-refractivity contribution in [3.05, 3.63) is 33.3 Å². The fourth-order valence-electron chi connectivity index (χ4n) is 1.59. The quantitative estimate of drug-likeness (QED) is 0.857. The molecule has 0 aromatic heterocycles. The number of halogens is 2. The average molecular weight is 349 g/mol. The van der Waals surface area contributed by atoms with Crippen molar-refractivity contribution < 1.29 is 14.7 Å². The average Bonchev–Trinajstić information content (AvgIpc) is 2.33. The lowest BCUT2D eigenvalue weighted by atomic mass is 9.99. The van der Waals surface area contributed by atoms with Crippen LogP contribution in [0.2, 0.25) is 5.02 Å². The van der Waals surface area contributed by atoms with Crippen molar-refractivity contribution in [2.24, 2.45) is 5.92 Å². The number of carboxylic acids is 1. The van der Waals surface area contributed by atoms with Crippen LogP contribution in [0.5, 0.6) is 0 Å². The largest absolute Gasteiger partial charge is 0.480 e. The Morgan fingerprint density at radius 1 is 1.42 bits per heavy atom. The predicted molar refractivity (Wildman–Crippen MR) is 77.5 cm³/mol. The number of hydrogen-bond donors (Lipinski definition) is 2. The third kappa shape index (κ3) is 4.51. The van der Waals surface area contributed by atoms with Crippen molar-refractivity contribution in [1.82, 2.24) is 5.32 Å². The molecule has 1 amide bonds. The highest BCUT2D eigenvalue weighted by Crippen LogP contribution is 2.20. The Hall–Kier alpha value is -1.07. The molecule has 0 aliphatic heterocycles. The normalized spacial score (nSPS) is 13.7. The topological polar surface area (TPSA) is 66.4 Å².